The molecule has 0 aromatic heterocycles. The summed E-state index contributed by atoms with van der Waals surface area (Å²) in [7, 11) is 1.16. The summed E-state index contributed by atoms with van der Waals surface area (Å²) >= 11 is 11.8. The average molecular weight is 302 g/mol. The Morgan fingerprint density at radius 1 is 1.42 bits per heavy atom. The second-order valence-electron chi connectivity index (χ2n) is 3.83. The summed E-state index contributed by atoms with van der Waals surface area (Å²) in [4.78, 5) is 23.1. The van der Waals surface area contributed by atoms with Crippen LogP contribution in [0.5, 0.6) is 0 Å². The van der Waals surface area contributed by atoms with Crippen LogP contribution in [0.4, 0.5) is 0 Å². The summed E-state index contributed by atoms with van der Waals surface area (Å²) in [6, 6.07) is 3.76. The number of amides is 1. The Morgan fingerprint density at radius 3 is 2.68 bits per heavy atom. The van der Waals surface area contributed by atoms with Crippen LogP contribution in [0.3, 0.4) is 0 Å². The number of hydrogen-bond donors (Lipinski definition) is 2. The number of hydrogen-bond acceptors (Lipinski definition) is 4. The first-order valence-electron chi connectivity index (χ1n) is 5.23. The SMILES string of the molecule is COC(=O)C1=C(O)C(=O)NC1c1ccc(Cl)cc1Cl. The van der Waals surface area contributed by atoms with Crippen LogP contribution >= 0.6 is 23.2 Å². The molecular formula is C12H9Cl2NO4. The molecule has 1 heterocycles. The maximum absolute atomic E-state index is 11.6. The average Bonchev–Trinajstić information content (AvgIpc) is 2.65. The predicted octanol–water partition coefficient (Wildman–Crippen LogP) is 2.15. The molecule has 0 radical (unpaired) electrons. The van der Waals surface area contributed by atoms with Crippen molar-refractivity contribution in [2.75, 3.05) is 7.11 Å². The van der Waals surface area contributed by atoms with Gasteiger partial charge in [-0.1, -0.05) is 29.3 Å². The van der Waals surface area contributed by atoms with Crippen molar-refractivity contribution in [2.24, 2.45) is 0 Å². The van der Waals surface area contributed by atoms with Crippen LogP contribution in [0, 0.1) is 0 Å². The van der Waals surface area contributed by atoms with E-state index in [9.17, 15) is 14.7 Å². The molecule has 1 aromatic carbocycles. The molecule has 0 spiro atoms. The molecule has 19 heavy (non-hydrogen) atoms. The van der Waals surface area contributed by atoms with Crippen LogP contribution in [0.15, 0.2) is 29.5 Å². The lowest BCUT2D eigenvalue weighted by atomic mass is 10.0. The Labute approximate surface area is 118 Å². The lowest BCUT2D eigenvalue weighted by Crippen LogP contribution is -2.24. The van der Waals surface area contributed by atoms with Crippen molar-refractivity contribution in [3.05, 3.63) is 45.1 Å². The Bertz CT molecular complexity index is 597. The van der Waals surface area contributed by atoms with E-state index in [1.807, 2.05) is 0 Å². The number of rotatable bonds is 2. The summed E-state index contributed by atoms with van der Waals surface area (Å²) in [5.74, 6) is -2.22. The van der Waals surface area contributed by atoms with Crippen LogP contribution in [0.2, 0.25) is 10.0 Å². The molecule has 0 saturated carbocycles. The molecule has 1 aliphatic rings. The van der Waals surface area contributed by atoms with Gasteiger partial charge in [0.2, 0.25) is 0 Å². The Hall–Kier alpha value is -1.72. The number of esters is 1. The number of methoxy groups -OCH3 is 1. The third kappa shape index (κ3) is 2.39. The summed E-state index contributed by atoms with van der Waals surface area (Å²) in [6.07, 6.45) is 0. The highest BCUT2D eigenvalue weighted by molar-refractivity contribution is 6.35. The third-order valence-corrected chi connectivity index (χ3v) is 3.28. The van der Waals surface area contributed by atoms with E-state index in [-0.39, 0.29) is 10.6 Å². The number of carbonyl (C=O) groups is 2. The van der Waals surface area contributed by atoms with Crippen molar-refractivity contribution in [2.45, 2.75) is 6.04 Å². The van der Waals surface area contributed by atoms with Crippen molar-refractivity contribution in [1.29, 1.82) is 0 Å². The third-order valence-electron chi connectivity index (χ3n) is 2.71. The Morgan fingerprint density at radius 2 is 2.11 bits per heavy atom. The first-order chi connectivity index (χ1) is 8.95. The van der Waals surface area contributed by atoms with Crippen LogP contribution in [0.1, 0.15) is 11.6 Å². The van der Waals surface area contributed by atoms with Crippen molar-refractivity contribution in [3.8, 4) is 0 Å². The van der Waals surface area contributed by atoms with Gasteiger partial charge in [-0.25, -0.2) is 4.79 Å². The lowest BCUT2D eigenvalue weighted by Gasteiger charge is -2.15. The Kier molecular flexibility index (Phi) is 3.68. The van der Waals surface area contributed by atoms with Gasteiger partial charge in [0.15, 0.2) is 5.76 Å². The fourth-order valence-corrected chi connectivity index (χ4v) is 2.34. The molecule has 1 amide bonds. The number of aliphatic hydroxyl groups is 1. The zero-order valence-corrected chi connectivity index (χ0v) is 11.2. The van der Waals surface area contributed by atoms with Gasteiger partial charge in [-0.3, -0.25) is 4.79 Å². The minimum absolute atomic E-state index is 0.170. The number of nitrogens with one attached hydrogen (secondary N) is 1. The van der Waals surface area contributed by atoms with Gasteiger partial charge in [0.25, 0.3) is 5.91 Å². The molecule has 0 fully saturated rings. The molecule has 1 aliphatic heterocycles. The normalized spacial score (nSPS) is 18.5. The quantitative estimate of drug-likeness (QED) is 0.821. The van der Waals surface area contributed by atoms with Crippen LogP contribution in [0.25, 0.3) is 0 Å². The molecule has 7 heteroatoms. The van der Waals surface area contributed by atoms with Crippen molar-refractivity contribution < 1.29 is 19.4 Å². The van der Waals surface area contributed by atoms with Gasteiger partial charge in [0.1, 0.15) is 5.57 Å². The standard InChI is InChI=1S/C12H9Cl2NO4/c1-19-12(18)8-9(15-11(17)10(8)16)6-3-2-5(13)4-7(6)14/h2-4,9,16H,1H3,(H,15,17). The monoisotopic (exact) mass is 301 g/mol. The first-order valence-corrected chi connectivity index (χ1v) is 5.98. The van der Waals surface area contributed by atoms with Gasteiger partial charge < -0.3 is 15.2 Å². The van der Waals surface area contributed by atoms with E-state index < -0.39 is 23.7 Å². The van der Waals surface area contributed by atoms with E-state index in [1.165, 1.54) is 6.07 Å². The molecule has 5 nitrogen and oxygen atoms in total. The fraction of sp³-hybridized carbons (Fsp3) is 0.167. The van der Waals surface area contributed by atoms with E-state index in [0.717, 1.165) is 7.11 Å². The molecule has 1 atom stereocenters. The van der Waals surface area contributed by atoms with E-state index >= 15 is 0 Å². The summed E-state index contributed by atoms with van der Waals surface area (Å²) in [6.45, 7) is 0. The van der Waals surface area contributed by atoms with Gasteiger partial charge >= 0.3 is 5.97 Å². The first kappa shape index (κ1) is 13.7. The van der Waals surface area contributed by atoms with Gasteiger partial charge in [-0.2, -0.15) is 0 Å². The highest BCUT2D eigenvalue weighted by Gasteiger charge is 2.38. The number of halogens is 2. The molecule has 0 saturated heterocycles. The van der Waals surface area contributed by atoms with Crippen molar-refractivity contribution >= 4 is 35.1 Å². The molecule has 1 unspecified atom stereocenters. The molecule has 1 aromatic rings. The topological polar surface area (TPSA) is 75.6 Å². The van der Waals surface area contributed by atoms with Gasteiger partial charge in [0, 0.05) is 10.0 Å². The minimum Gasteiger partial charge on any atom is -0.503 e. The van der Waals surface area contributed by atoms with E-state index in [0.29, 0.717) is 10.6 Å². The molecule has 0 bridgehead atoms. The molecule has 0 aliphatic carbocycles. The molecule has 2 rings (SSSR count). The number of ether oxygens (including phenoxy) is 1. The van der Waals surface area contributed by atoms with Crippen LogP contribution < -0.4 is 5.32 Å². The number of benzene rings is 1. The molecular weight excluding hydrogens is 293 g/mol. The smallest absolute Gasteiger partial charge is 0.340 e. The van der Waals surface area contributed by atoms with Gasteiger partial charge in [-0.15, -0.1) is 0 Å². The van der Waals surface area contributed by atoms with Crippen LogP contribution in [-0.2, 0) is 14.3 Å². The highest BCUT2D eigenvalue weighted by Crippen LogP contribution is 2.35. The van der Waals surface area contributed by atoms with Crippen molar-refractivity contribution in [1.82, 2.24) is 5.32 Å². The fourth-order valence-electron chi connectivity index (χ4n) is 1.82. The minimum atomic E-state index is -0.857. The zero-order chi connectivity index (χ0) is 14.2. The highest BCUT2D eigenvalue weighted by atomic mass is 35.5. The maximum atomic E-state index is 11.6. The van der Waals surface area contributed by atoms with Crippen LogP contribution in [-0.4, -0.2) is 24.1 Å². The van der Waals surface area contributed by atoms with Crippen molar-refractivity contribution in [3.63, 3.8) is 0 Å². The summed E-state index contributed by atoms with van der Waals surface area (Å²) in [5, 5.41) is 12.8. The van der Waals surface area contributed by atoms with Gasteiger partial charge in [0.05, 0.1) is 13.2 Å². The summed E-state index contributed by atoms with van der Waals surface area (Å²) in [5.41, 5.74) is 0.278. The Balaban J connectivity index is 2.50. The molecule has 100 valence electrons. The molecule has 2 N–H and O–H groups in total. The van der Waals surface area contributed by atoms with Gasteiger partial charge in [-0.05, 0) is 17.7 Å². The summed E-state index contributed by atoms with van der Waals surface area (Å²) < 4.78 is 4.55. The lowest BCUT2D eigenvalue weighted by molar-refractivity contribution is -0.136. The number of carbonyl (C=O) groups excluding carboxylic acids is 2. The number of aliphatic hydroxyl groups excluding tert-OH is 1. The van der Waals surface area contributed by atoms with E-state index in [1.54, 1.807) is 12.1 Å². The predicted molar refractivity (Wildman–Crippen MR) is 69.0 cm³/mol. The zero-order valence-electron chi connectivity index (χ0n) is 9.74. The second-order valence-corrected chi connectivity index (χ2v) is 4.67. The van der Waals surface area contributed by atoms with E-state index in [2.05, 4.69) is 10.1 Å². The second kappa shape index (κ2) is 5.11. The maximum Gasteiger partial charge on any atom is 0.340 e. The largest absolute Gasteiger partial charge is 0.503 e. The van der Waals surface area contributed by atoms with E-state index in [4.69, 9.17) is 23.2 Å².